The highest BCUT2D eigenvalue weighted by Crippen LogP contribution is 2.36. The Morgan fingerprint density at radius 2 is 2.12 bits per heavy atom. The molecule has 0 amide bonds. The molecule has 0 radical (unpaired) electrons. The summed E-state index contributed by atoms with van der Waals surface area (Å²) in [5.74, 6) is 1.98. The fraction of sp³-hybridized carbons (Fsp3) is 0.769. The maximum atomic E-state index is 5.88. The van der Waals surface area contributed by atoms with Gasteiger partial charge in [-0.1, -0.05) is 30.9 Å². The Hall–Kier alpha value is -0.120. The number of likely N-dealkylation sites (tertiary alicyclic amines) is 1. The molecule has 2 heterocycles. The van der Waals surface area contributed by atoms with Crippen LogP contribution in [-0.4, -0.2) is 23.0 Å². The molecule has 0 aromatic carbocycles. The number of piperidine rings is 1. The van der Waals surface area contributed by atoms with E-state index in [2.05, 4.69) is 9.88 Å². The second-order valence-electron chi connectivity index (χ2n) is 5.41. The summed E-state index contributed by atoms with van der Waals surface area (Å²) in [6, 6.07) is 0. The van der Waals surface area contributed by atoms with Gasteiger partial charge in [-0.2, -0.15) is 0 Å². The van der Waals surface area contributed by atoms with Crippen LogP contribution in [0.5, 0.6) is 0 Å². The number of hydrogen-bond donors (Lipinski definition) is 0. The largest absolute Gasteiger partial charge is 0.298 e. The van der Waals surface area contributed by atoms with Crippen LogP contribution in [0.4, 0.5) is 0 Å². The zero-order valence-electron chi connectivity index (χ0n) is 10.1. The lowest BCUT2D eigenvalue weighted by Gasteiger charge is -2.41. The van der Waals surface area contributed by atoms with Gasteiger partial charge in [0, 0.05) is 24.2 Å². The van der Waals surface area contributed by atoms with E-state index in [-0.39, 0.29) is 0 Å². The zero-order valence-corrected chi connectivity index (χ0v) is 11.6. The molecule has 1 aromatic rings. The summed E-state index contributed by atoms with van der Waals surface area (Å²) in [6.07, 6.45) is 9.17. The van der Waals surface area contributed by atoms with Crippen molar-refractivity contribution in [1.29, 1.82) is 0 Å². The summed E-state index contributed by atoms with van der Waals surface area (Å²) < 4.78 is 0.674. The van der Waals surface area contributed by atoms with Crippen LogP contribution in [0.25, 0.3) is 0 Å². The maximum Gasteiger partial charge on any atom is 0.183 e. The minimum atomic E-state index is 0.674. The molecule has 2 aliphatic rings. The van der Waals surface area contributed by atoms with Crippen LogP contribution in [0.2, 0.25) is 4.47 Å². The van der Waals surface area contributed by atoms with Crippen LogP contribution in [0, 0.1) is 11.8 Å². The predicted molar refractivity (Wildman–Crippen MR) is 72.5 cm³/mol. The number of thiazole rings is 1. The smallest absolute Gasteiger partial charge is 0.183 e. The molecular formula is C13H19ClN2S. The second-order valence-corrected chi connectivity index (χ2v) is 7.11. The van der Waals surface area contributed by atoms with Crippen LogP contribution in [0.15, 0.2) is 6.20 Å². The quantitative estimate of drug-likeness (QED) is 0.812. The van der Waals surface area contributed by atoms with Crippen molar-refractivity contribution in [3.63, 3.8) is 0 Å². The Morgan fingerprint density at radius 1 is 1.29 bits per heavy atom. The van der Waals surface area contributed by atoms with Crippen molar-refractivity contribution in [2.45, 2.75) is 38.6 Å². The molecule has 1 aliphatic heterocycles. The molecule has 0 bridgehead atoms. The molecule has 94 valence electrons. The van der Waals surface area contributed by atoms with E-state index in [0.717, 1.165) is 18.4 Å². The molecule has 1 aromatic heterocycles. The van der Waals surface area contributed by atoms with E-state index in [1.807, 2.05) is 6.20 Å². The number of nitrogens with zero attached hydrogens (tertiary/aromatic N) is 2. The number of halogens is 1. The number of hydrogen-bond acceptors (Lipinski definition) is 3. The van der Waals surface area contributed by atoms with Crippen LogP contribution < -0.4 is 0 Å². The molecule has 1 saturated heterocycles. The van der Waals surface area contributed by atoms with Gasteiger partial charge in [0.1, 0.15) is 0 Å². The first-order valence-corrected chi connectivity index (χ1v) is 7.83. The lowest BCUT2D eigenvalue weighted by molar-refractivity contribution is 0.0827. The van der Waals surface area contributed by atoms with Crippen molar-refractivity contribution in [2.75, 3.05) is 13.1 Å². The van der Waals surface area contributed by atoms with E-state index in [1.165, 1.54) is 50.1 Å². The molecule has 0 N–H and O–H groups in total. The van der Waals surface area contributed by atoms with Crippen molar-refractivity contribution in [3.8, 4) is 0 Å². The van der Waals surface area contributed by atoms with E-state index in [1.54, 1.807) is 11.3 Å². The SMILES string of the molecule is Clc1ncc(CN2CCC3CCCCC3C2)s1. The number of fused-ring (bicyclic) bond motifs is 1. The Labute approximate surface area is 112 Å². The first-order chi connectivity index (χ1) is 8.31. The van der Waals surface area contributed by atoms with Gasteiger partial charge in [-0.25, -0.2) is 4.98 Å². The van der Waals surface area contributed by atoms with Gasteiger partial charge in [-0.3, -0.25) is 4.90 Å². The van der Waals surface area contributed by atoms with Crippen LogP contribution in [0.3, 0.4) is 0 Å². The van der Waals surface area contributed by atoms with Crippen molar-refractivity contribution in [3.05, 3.63) is 15.5 Å². The summed E-state index contributed by atoms with van der Waals surface area (Å²) in [7, 11) is 0. The third kappa shape index (κ3) is 2.83. The van der Waals surface area contributed by atoms with Gasteiger partial charge >= 0.3 is 0 Å². The summed E-state index contributed by atoms with van der Waals surface area (Å²) >= 11 is 7.50. The van der Waals surface area contributed by atoms with Crippen molar-refractivity contribution < 1.29 is 0 Å². The van der Waals surface area contributed by atoms with Crippen molar-refractivity contribution in [2.24, 2.45) is 11.8 Å². The van der Waals surface area contributed by atoms with Gasteiger partial charge in [0.15, 0.2) is 4.47 Å². The van der Waals surface area contributed by atoms with E-state index in [9.17, 15) is 0 Å². The molecule has 17 heavy (non-hydrogen) atoms. The van der Waals surface area contributed by atoms with Gasteiger partial charge in [-0.05, 0) is 31.2 Å². The third-order valence-electron chi connectivity index (χ3n) is 4.28. The molecule has 0 spiro atoms. The molecule has 2 unspecified atom stereocenters. The highest BCUT2D eigenvalue weighted by molar-refractivity contribution is 7.15. The highest BCUT2D eigenvalue weighted by atomic mass is 35.5. The normalized spacial score (nSPS) is 30.2. The summed E-state index contributed by atoms with van der Waals surface area (Å²) in [5.41, 5.74) is 0. The molecule has 1 aliphatic carbocycles. The van der Waals surface area contributed by atoms with Gasteiger partial charge in [0.2, 0.25) is 0 Å². The van der Waals surface area contributed by atoms with Gasteiger partial charge in [0.05, 0.1) is 0 Å². The topological polar surface area (TPSA) is 16.1 Å². The molecule has 2 atom stereocenters. The standard InChI is InChI=1S/C13H19ClN2S/c14-13-15-7-12(17-13)9-16-6-5-10-3-1-2-4-11(10)8-16/h7,10-11H,1-6,8-9H2. The third-order valence-corrected chi connectivity index (χ3v) is 5.38. The van der Waals surface area contributed by atoms with E-state index < -0.39 is 0 Å². The average Bonchev–Trinajstić information content (AvgIpc) is 2.75. The lowest BCUT2D eigenvalue weighted by atomic mass is 9.75. The molecule has 2 nitrogen and oxygen atoms in total. The van der Waals surface area contributed by atoms with Crippen LogP contribution >= 0.6 is 22.9 Å². The van der Waals surface area contributed by atoms with Crippen LogP contribution in [0.1, 0.15) is 37.0 Å². The van der Waals surface area contributed by atoms with Gasteiger partial charge < -0.3 is 0 Å². The summed E-state index contributed by atoms with van der Waals surface area (Å²) in [4.78, 5) is 8.02. The number of aromatic nitrogens is 1. The number of rotatable bonds is 2. The van der Waals surface area contributed by atoms with Crippen molar-refractivity contribution >= 4 is 22.9 Å². The van der Waals surface area contributed by atoms with E-state index in [0.29, 0.717) is 4.47 Å². The Balaban J connectivity index is 1.58. The Bertz CT molecular complexity index is 379. The lowest BCUT2D eigenvalue weighted by Crippen LogP contribution is -2.41. The minimum Gasteiger partial charge on any atom is -0.298 e. The molecule has 1 saturated carbocycles. The molecule has 3 rings (SSSR count). The summed E-state index contributed by atoms with van der Waals surface area (Å²) in [5, 5.41) is 0. The van der Waals surface area contributed by atoms with E-state index >= 15 is 0 Å². The first kappa shape index (κ1) is 11.9. The van der Waals surface area contributed by atoms with Gasteiger partial charge in [0.25, 0.3) is 0 Å². The first-order valence-electron chi connectivity index (χ1n) is 6.64. The van der Waals surface area contributed by atoms with Gasteiger partial charge in [-0.15, -0.1) is 11.3 Å². The average molecular weight is 271 g/mol. The van der Waals surface area contributed by atoms with Crippen LogP contribution in [-0.2, 0) is 6.54 Å². The Morgan fingerprint density at radius 3 is 2.88 bits per heavy atom. The predicted octanol–water partition coefficient (Wildman–Crippen LogP) is 3.81. The molecular weight excluding hydrogens is 252 g/mol. The zero-order chi connectivity index (χ0) is 11.7. The van der Waals surface area contributed by atoms with Crippen molar-refractivity contribution in [1.82, 2.24) is 9.88 Å². The fourth-order valence-corrected chi connectivity index (χ4v) is 4.42. The molecule has 2 fully saturated rings. The highest BCUT2D eigenvalue weighted by Gasteiger charge is 2.30. The molecule has 4 heteroatoms. The second kappa shape index (κ2) is 5.25. The monoisotopic (exact) mass is 270 g/mol. The Kier molecular flexibility index (Phi) is 3.69. The maximum absolute atomic E-state index is 5.88. The fourth-order valence-electron chi connectivity index (χ4n) is 3.40. The minimum absolute atomic E-state index is 0.674. The summed E-state index contributed by atoms with van der Waals surface area (Å²) in [6.45, 7) is 3.60. The van der Waals surface area contributed by atoms with E-state index in [4.69, 9.17) is 11.6 Å².